The van der Waals surface area contributed by atoms with E-state index in [1.54, 1.807) is 32.9 Å². The Bertz CT molecular complexity index is 3400. The SMILES string of the molecule is CC(C)c1cc(C(=O)N2Cc3ccc(CN(C)C)cc3C2)c(O)cc1O.CC(C)c1cc(C(=O)N2Cc3ccc(N4CCNCC4)cc3C2)c(O)cc1O.CC(C)c1cc(C(=O)N2Cc3ccc(NC4CCN(C)CC4)cc3C2)c(O)cc1O. The number of fused-ring (bicyclic) bond motifs is 3. The highest BCUT2D eigenvalue weighted by atomic mass is 16.3. The maximum atomic E-state index is 13.1. The lowest BCUT2D eigenvalue weighted by Crippen LogP contribution is -2.43. The molecule has 5 aliphatic heterocycles. The number of benzene rings is 6. The summed E-state index contributed by atoms with van der Waals surface area (Å²) < 4.78 is 0. The number of piperidine rings is 1. The number of hydrogen-bond donors (Lipinski definition) is 8. The Kier molecular flexibility index (Phi) is 18.7. The normalized spacial score (nSPS) is 15.9. The molecular weight excluding hydrogens is 1060 g/mol. The maximum absolute atomic E-state index is 13.1. The van der Waals surface area contributed by atoms with Gasteiger partial charge in [0.25, 0.3) is 17.7 Å². The van der Waals surface area contributed by atoms with Gasteiger partial charge in [0.15, 0.2) is 0 Å². The highest BCUT2D eigenvalue weighted by molar-refractivity contribution is 5.99. The molecule has 84 heavy (non-hydrogen) atoms. The van der Waals surface area contributed by atoms with Crippen LogP contribution in [0.25, 0.3) is 0 Å². The number of rotatable bonds is 11. The van der Waals surface area contributed by atoms with Gasteiger partial charge in [-0.05, 0) is 163 Å². The molecule has 0 aromatic heterocycles. The zero-order valence-corrected chi connectivity index (χ0v) is 50.2. The number of phenolic OH excluding ortho intramolecular Hbond substituents is 6. The van der Waals surface area contributed by atoms with Crippen molar-refractivity contribution in [3.8, 4) is 34.5 Å². The molecule has 11 rings (SSSR count). The lowest BCUT2D eigenvalue weighted by Gasteiger charge is -2.30. The van der Waals surface area contributed by atoms with Crippen LogP contribution in [0.2, 0.25) is 0 Å². The van der Waals surface area contributed by atoms with E-state index in [4.69, 9.17) is 0 Å². The van der Waals surface area contributed by atoms with E-state index in [-0.39, 0.29) is 86.7 Å². The predicted octanol–water partition coefficient (Wildman–Crippen LogP) is 10.1. The third kappa shape index (κ3) is 13.8. The fraction of sp³-hybridized carbons (Fsp3) is 0.418. The standard InChI is InChI=1S/C24H31N3O3.C22H27N3O3.C21H26N2O3/c1-15(2)20-11-21(23(29)12-22(20)28)24(30)27-13-16-4-5-19(10-17(16)14-27)25-18-6-8-26(3)9-7-18;1-14(2)18-10-19(21(27)11-20(18)26)22(28)25-12-15-3-4-17(9-16(15)13-25)24-7-5-23-6-8-24;1-13(2)17-8-18(20(25)9-19(17)24)21(26)23-11-15-6-5-14(10-22(3)4)7-16(15)12-23/h4-5,10-12,15,18,25,28-29H,6-9,13-14H2,1-3H3;3-4,9-11,14,23,26-27H,5-8,12-13H2,1-2H3;5-9,13,24-25H,10-12H2,1-4H3. The number of phenols is 6. The van der Waals surface area contributed by atoms with Crippen molar-refractivity contribution in [1.29, 1.82) is 0 Å². The van der Waals surface area contributed by atoms with Crippen LogP contribution in [0, 0.1) is 0 Å². The molecule has 0 saturated carbocycles. The van der Waals surface area contributed by atoms with E-state index in [1.807, 2.05) is 55.6 Å². The quantitative estimate of drug-likeness (QED) is 0.0606. The minimum absolute atomic E-state index is 0.0204. The van der Waals surface area contributed by atoms with Gasteiger partial charge in [-0.1, -0.05) is 71.9 Å². The van der Waals surface area contributed by atoms with E-state index < -0.39 is 0 Å². The van der Waals surface area contributed by atoms with Gasteiger partial charge in [-0.2, -0.15) is 0 Å². The molecule has 0 aliphatic carbocycles. The Labute approximate surface area is 494 Å². The van der Waals surface area contributed by atoms with Crippen LogP contribution in [0.4, 0.5) is 11.4 Å². The van der Waals surface area contributed by atoms with E-state index in [9.17, 15) is 45.0 Å². The first-order valence-electron chi connectivity index (χ1n) is 29.5. The molecule has 5 heterocycles. The van der Waals surface area contributed by atoms with Crippen molar-refractivity contribution in [1.82, 2.24) is 29.8 Å². The number of anilines is 2. The van der Waals surface area contributed by atoms with Crippen LogP contribution in [-0.2, 0) is 45.8 Å². The predicted molar refractivity (Wildman–Crippen MR) is 328 cm³/mol. The van der Waals surface area contributed by atoms with Gasteiger partial charge in [-0.25, -0.2) is 0 Å². The highest BCUT2D eigenvalue weighted by Crippen LogP contribution is 2.39. The van der Waals surface area contributed by atoms with Gasteiger partial charge in [0, 0.05) is 108 Å². The zero-order valence-electron chi connectivity index (χ0n) is 50.2. The Morgan fingerprint density at radius 1 is 0.500 bits per heavy atom. The summed E-state index contributed by atoms with van der Waals surface area (Å²) in [7, 11) is 6.22. The van der Waals surface area contributed by atoms with Crippen molar-refractivity contribution in [3.05, 3.63) is 163 Å². The van der Waals surface area contributed by atoms with E-state index >= 15 is 0 Å². The molecule has 0 bridgehead atoms. The van der Waals surface area contributed by atoms with Crippen LogP contribution in [0.3, 0.4) is 0 Å². The third-order valence-corrected chi connectivity index (χ3v) is 16.8. The molecule has 3 amide bonds. The van der Waals surface area contributed by atoms with Gasteiger partial charge >= 0.3 is 0 Å². The van der Waals surface area contributed by atoms with Gasteiger partial charge in [-0.3, -0.25) is 14.4 Å². The molecule has 446 valence electrons. The molecule has 8 N–H and O–H groups in total. The third-order valence-electron chi connectivity index (χ3n) is 16.8. The first-order chi connectivity index (χ1) is 40.0. The Morgan fingerprint density at radius 2 is 0.893 bits per heavy atom. The smallest absolute Gasteiger partial charge is 0.258 e. The van der Waals surface area contributed by atoms with E-state index in [0.717, 1.165) is 97.7 Å². The summed E-state index contributed by atoms with van der Waals surface area (Å²) in [6, 6.07) is 28.2. The van der Waals surface area contributed by atoms with Crippen LogP contribution in [0.1, 0.15) is 159 Å². The topological polar surface area (TPSA) is 216 Å². The molecule has 0 atom stereocenters. The molecule has 0 unspecified atom stereocenters. The van der Waals surface area contributed by atoms with Crippen molar-refractivity contribution < 1.29 is 45.0 Å². The van der Waals surface area contributed by atoms with Crippen molar-refractivity contribution in [3.63, 3.8) is 0 Å². The average Bonchev–Trinajstić information content (AvgIpc) is 4.01. The van der Waals surface area contributed by atoms with Crippen LogP contribution >= 0.6 is 0 Å². The number of aromatic hydroxyl groups is 6. The largest absolute Gasteiger partial charge is 0.508 e. The van der Waals surface area contributed by atoms with Crippen molar-refractivity contribution >= 4 is 29.1 Å². The molecule has 2 fully saturated rings. The summed E-state index contributed by atoms with van der Waals surface area (Å²) >= 11 is 0. The van der Waals surface area contributed by atoms with Crippen LogP contribution < -0.4 is 15.5 Å². The average molecular weight is 1150 g/mol. The van der Waals surface area contributed by atoms with Crippen molar-refractivity contribution in [2.24, 2.45) is 0 Å². The molecule has 0 radical (unpaired) electrons. The zero-order chi connectivity index (χ0) is 60.3. The van der Waals surface area contributed by atoms with Crippen LogP contribution in [0.5, 0.6) is 34.5 Å². The highest BCUT2D eigenvalue weighted by Gasteiger charge is 2.31. The first kappa shape index (κ1) is 60.6. The van der Waals surface area contributed by atoms with Crippen molar-refractivity contribution in [2.45, 2.75) is 124 Å². The minimum Gasteiger partial charge on any atom is -0.508 e. The molecule has 17 nitrogen and oxygen atoms in total. The second kappa shape index (κ2) is 25.9. The lowest BCUT2D eigenvalue weighted by molar-refractivity contribution is 0.0740. The number of hydrogen-bond acceptors (Lipinski definition) is 14. The van der Waals surface area contributed by atoms with Gasteiger partial charge in [0.1, 0.15) is 34.5 Å². The summed E-state index contributed by atoms with van der Waals surface area (Å²) in [6.45, 7) is 21.9. The summed E-state index contributed by atoms with van der Waals surface area (Å²) in [5.74, 6) is -0.926. The molecular formula is C67H84N8O9. The number of likely N-dealkylation sites (tertiary alicyclic amines) is 1. The van der Waals surface area contributed by atoms with Gasteiger partial charge < -0.3 is 70.7 Å². The number of carbonyl (C=O) groups is 3. The Morgan fingerprint density at radius 3 is 1.32 bits per heavy atom. The van der Waals surface area contributed by atoms with E-state index in [0.29, 0.717) is 62.0 Å². The summed E-state index contributed by atoms with van der Waals surface area (Å²) in [6.07, 6.45) is 2.27. The second-order valence-electron chi connectivity index (χ2n) is 24.5. The summed E-state index contributed by atoms with van der Waals surface area (Å²) in [5.41, 5.74) is 13.1. The van der Waals surface area contributed by atoms with E-state index in [1.165, 1.54) is 29.4 Å². The number of piperazine rings is 1. The second-order valence-corrected chi connectivity index (χ2v) is 24.5. The van der Waals surface area contributed by atoms with Crippen LogP contribution in [0.15, 0.2) is 91.0 Å². The molecule has 0 spiro atoms. The van der Waals surface area contributed by atoms with E-state index in [2.05, 4.69) is 87.0 Å². The molecule has 5 aliphatic rings. The first-order valence-corrected chi connectivity index (χ1v) is 29.5. The Balaban J connectivity index is 0.000000152. The molecule has 17 heteroatoms. The van der Waals surface area contributed by atoms with Gasteiger partial charge in [-0.15, -0.1) is 0 Å². The van der Waals surface area contributed by atoms with Gasteiger partial charge in [0.2, 0.25) is 0 Å². The summed E-state index contributed by atoms with van der Waals surface area (Å²) in [4.78, 5) is 51.2. The minimum atomic E-state index is -0.213. The fourth-order valence-electron chi connectivity index (χ4n) is 11.9. The molecule has 6 aromatic rings. The number of nitrogens with one attached hydrogen (secondary N) is 2. The van der Waals surface area contributed by atoms with Crippen LogP contribution in [-0.4, -0.2) is 139 Å². The van der Waals surface area contributed by atoms with Crippen molar-refractivity contribution in [2.75, 3.05) is 70.6 Å². The Hall–Kier alpha value is -7.99. The fourth-order valence-corrected chi connectivity index (χ4v) is 11.9. The number of carbonyl (C=O) groups excluding carboxylic acids is 3. The number of amides is 3. The monoisotopic (exact) mass is 1140 g/mol. The lowest BCUT2D eigenvalue weighted by atomic mass is 9.98. The molecule has 2 saturated heterocycles. The summed E-state index contributed by atoms with van der Waals surface area (Å²) in [5, 5.41) is 67.8. The molecule has 6 aromatic carbocycles. The maximum Gasteiger partial charge on any atom is 0.258 e. The number of nitrogens with zero attached hydrogens (tertiary/aromatic N) is 6. The van der Waals surface area contributed by atoms with Gasteiger partial charge in [0.05, 0.1) is 16.7 Å².